The van der Waals surface area contributed by atoms with Crippen LogP contribution < -0.4 is 5.32 Å². The maximum atomic E-state index is 12.7. The highest BCUT2D eigenvalue weighted by Gasteiger charge is 2.27. The number of rotatable bonds is 7. The van der Waals surface area contributed by atoms with Gasteiger partial charge in [-0.2, -0.15) is 0 Å². The molecule has 2 amide bonds. The fourth-order valence-electron chi connectivity index (χ4n) is 3.85. The van der Waals surface area contributed by atoms with Crippen LogP contribution in [0.2, 0.25) is 0 Å². The van der Waals surface area contributed by atoms with Crippen LogP contribution in [-0.4, -0.2) is 45.5 Å². The van der Waals surface area contributed by atoms with Gasteiger partial charge in [0.15, 0.2) is 0 Å². The number of hydrogen-bond acceptors (Lipinski definition) is 4. The van der Waals surface area contributed by atoms with E-state index in [0.717, 1.165) is 35.3 Å². The second kappa shape index (κ2) is 10.0. The Morgan fingerprint density at radius 1 is 1.13 bits per heavy atom. The predicted molar refractivity (Wildman–Crippen MR) is 125 cm³/mol. The number of H-pyrrole nitrogens is 1. The molecular weight excluding hydrogens is 408 g/mol. The third-order valence-corrected chi connectivity index (χ3v) is 6.91. The Morgan fingerprint density at radius 2 is 1.84 bits per heavy atom. The molecule has 1 unspecified atom stereocenters. The molecule has 1 fully saturated rings. The average molecular weight is 437 g/mol. The number of para-hydroxylation sites is 2. The summed E-state index contributed by atoms with van der Waals surface area (Å²) >= 11 is 1.60. The van der Waals surface area contributed by atoms with Gasteiger partial charge in [-0.15, -0.1) is 11.8 Å². The zero-order valence-corrected chi connectivity index (χ0v) is 18.5. The molecule has 2 N–H and O–H groups in total. The number of likely N-dealkylation sites (tertiary alicyclic amines) is 1. The number of nitrogens with zero attached hydrogens (tertiary/aromatic N) is 2. The van der Waals surface area contributed by atoms with Crippen LogP contribution >= 0.6 is 11.8 Å². The molecule has 1 atom stereocenters. The van der Waals surface area contributed by atoms with Gasteiger partial charge < -0.3 is 15.2 Å². The van der Waals surface area contributed by atoms with Gasteiger partial charge in [0, 0.05) is 25.6 Å². The van der Waals surface area contributed by atoms with Crippen molar-refractivity contribution < 1.29 is 9.59 Å². The first kappa shape index (κ1) is 21.4. The summed E-state index contributed by atoms with van der Waals surface area (Å²) in [6.45, 7) is 3.90. The molecule has 1 aliphatic rings. The van der Waals surface area contributed by atoms with E-state index in [9.17, 15) is 9.59 Å². The average Bonchev–Trinajstić information content (AvgIpc) is 3.26. The number of piperidine rings is 1. The van der Waals surface area contributed by atoms with Crippen molar-refractivity contribution in [3.63, 3.8) is 0 Å². The quantitative estimate of drug-likeness (QED) is 0.589. The summed E-state index contributed by atoms with van der Waals surface area (Å²) in [4.78, 5) is 35.0. The van der Waals surface area contributed by atoms with Crippen LogP contribution in [0.4, 0.5) is 0 Å². The number of aromatic nitrogens is 2. The monoisotopic (exact) mass is 436 g/mol. The van der Waals surface area contributed by atoms with E-state index in [1.165, 1.54) is 0 Å². The van der Waals surface area contributed by atoms with Crippen molar-refractivity contribution in [2.75, 3.05) is 18.8 Å². The molecule has 0 spiro atoms. The normalized spacial score (nSPS) is 15.7. The summed E-state index contributed by atoms with van der Waals surface area (Å²) in [6.07, 6.45) is 1.44. The molecule has 2 aromatic carbocycles. The summed E-state index contributed by atoms with van der Waals surface area (Å²) in [7, 11) is 0. The minimum Gasteiger partial charge on any atom is -0.352 e. The molecule has 1 saturated heterocycles. The molecule has 0 radical (unpaired) electrons. The molecule has 2 heterocycles. The lowest BCUT2D eigenvalue weighted by molar-refractivity contribution is -0.133. The summed E-state index contributed by atoms with van der Waals surface area (Å²) in [6, 6.07) is 17.9. The van der Waals surface area contributed by atoms with Crippen LogP contribution in [0.25, 0.3) is 11.0 Å². The smallest absolute Gasteiger partial charge is 0.232 e. The second-order valence-electron chi connectivity index (χ2n) is 7.95. The van der Waals surface area contributed by atoms with Crippen molar-refractivity contribution in [1.82, 2.24) is 20.2 Å². The first-order valence-corrected chi connectivity index (χ1v) is 11.8. The number of hydrogen-bond donors (Lipinski definition) is 2. The van der Waals surface area contributed by atoms with E-state index < -0.39 is 0 Å². The minimum absolute atomic E-state index is 0.0186. The molecule has 31 heavy (non-hydrogen) atoms. The van der Waals surface area contributed by atoms with Crippen LogP contribution in [0.3, 0.4) is 0 Å². The standard InChI is InChI=1S/C24H28N4O2S/c1-17(23-26-20-9-5-6-10-21(20)27-23)31-16-22(29)28-13-11-19(12-14-28)24(30)25-15-18-7-3-2-4-8-18/h2-10,17,19H,11-16H2,1H3,(H,25,30)(H,26,27). The van der Waals surface area contributed by atoms with Crippen molar-refractivity contribution in [2.45, 2.75) is 31.6 Å². The van der Waals surface area contributed by atoms with Gasteiger partial charge in [0.25, 0.3) is 0 Å². The maximum absolute atomic E-state index is 12.7. The number of carbonyl (C=O) groups is 2. The number of fused-ring (bicyclic) bond motifs is 1. The van der Waals surface area contributed by atoms with Gasteiger partial charge in [-0.05, 0) is 37.5 Å². The van der Waals surface area contributed by atoms with E-state index in [4.69, 9.17) is 0 Å². The van der Waals surface area contributed by atoms with Gasteiger partial charge in [0.1, 0.15) is 5.82 Å². The van der Waals surface area contributed by atoms with Crippen molar-refractivity contribution in [3.05, 3.63) is 66.0 Å². The Balaban J connectivity index is 1.20. The number of nitrogens with one attached hydrogen (secondary N) is 2. The molecule has 0 aliphatic carbocycles. The summed E-state index contributed by atoms with van der Waals surface area (Å²) in [5, 5.41) is 3.13. The molecule has 162 valence electrons. The predicted octanol–water partition coefficient (Wildman–Crippen LogP) is 3.91. The van der Waals surface area contributed by atoms with Gasteiger partial charge in [0.05, 0.1) is 22.0 Å². The maximum Gasteiger partial charge on any atom is 0.232 e. The first-order chi connectivity index (χ1) is 15.1. The van der Waals surface area contributed by atoms with E-state index in [1.54, 1.807) is 11.8 Å². The van der Waals surface area contributed by atoms with Crippen LogP contribution in [-0.2, 0) is 16.1 Å². The lowest BCUT2D eigenvalue weighted by Crippen LogP contribution is -2.43. The Bertz CT molecular complexity index is 995. The van der Waals surface area contributed by atoms with Gasteiger partial charge in [-0.3, -0.25) is 9.59 Å². The summed E-state index contributed by atoms with van der Waals surface area (Å²) < 4.78 is 0. The molecule has 0 bridgehead atoms. The highest BCUT2D eigenvalue weighted by molar-refractivity contribution is 8.00. The van der Waals surface area contributed by atoms with E-state index in [0.29, 0.717) is 25.4 Å². The van der Waals surface area contributed by atoms with Crippen molar-refractivity contribution in [1.29, 1.82) is 0 Å². The largest absolute Gasteiger partial charge is 0.352 e. The van der Waals surface area contributed by atoms with Crippen LogP contribution in [0.15, 0.2) is 54.6 Å². The zero-order valence-electron chi connectivity index (χ0n) is 17.7. The van der Waals surface area contributed by atoms with Crippen LogP contribution in [0.5, 0.6) is 0 Å². The number of carbonyl (C=O) groups excluding carboxylic acids is 2. The van der Waals surface area contributed by atoms with Crippen molar-refractivity contribution >= 4 is 34.6 Å². The molecule has 7 heteroatoms. The fourth-order valence-corrected chi connectivity index (χ4v) is 4.70. The van der Waals surface area contributed by atoms with E-state index >= 15 is 0 Å². The lowest BCUT2D eigenvalue weighted by atomic mass is 9.96. The van der Waals surface area contributed by atoms with Gasteiger partial charge >= 0.3 is 0 Å². The first-order valence-electron chi connectivity index (χ1n) is 10.8. The molecule has 6 nitrogen and oxygen atoms in total. The topological polar surface area (TPSA) is 78.1 Å². The third kappa shape index (κ3) is 5.47. The number of aromatic amines is 1. The van der Waals surface area contributed by atoms with Crippen molar-refractivity contribution in [3.8, 4) is 0 Å². The number of benzene rings is 2. The lowest BCUT2D eigenvalue weighted by Gasteiger charge is -2.31. The van der Waals surface area contributed by atoms with Gasteiger partial charge in [-0.1, -0.05) is 42.5 Å². The molecule has 1 aliphatic heterocycles. The second-order valence-corrected chi connectivity index (χ2v) is 9.28. The molecule has 0 saturated carbocycles. The number of amides is 2. The highest BCUT2D eigenvalue weighted by Crippen LogP contribution is 2.28. The SMILES string of the molecule is CC(SCC(=O)N1CCC(C(=O)NCc2ccccc2)CC1)c1nc2ccccc2[nH]1. The number of imidazole rings is 1. The van der Waals surface area contributed by atoms with Crippen LogP contribution in [0.1, 0.15) is 36.4 Å². The third-order valence-electron chi connectivity index (χ3n) is 5.78. The Kier molecular flexibility index (Phi) is 6.92. The molecule has 4 rings (SSSR count). The van der Waals surface area contributed by atoms with E-state index in [-0.39, 0.29) is 23.0 Å². The van der Waals surface area contributed by atoms with Crippen molar-refractivity contribution in [2.24, 2.45) is 5.92 Å². The Morgan fingerprint density at radius 3 is 2.58 bits per heavy atom. The molecule has 1 aromatic heterocycles. The Labute approximate surface area is 186 Å². The Hall–Kier alpha value is -2.80. The zero-order chi connectivity index (χ0) is 21.6. The van der Waals surface area contributed by atoms with Gasteiger partial charge in [-0.25, -0.2) is 4.98 Å². The number of thioether (sulfide) groups is 1. The van der Waals surface area contributed by atoms with Gasteiger partial charge in [0.2, 0.25) is 11.8 Å². The highest BCUT2D eigenvalue weighted by atomic mass is 32.2. The summed E-state index contributed by atoms with van der Waals surface area (Å²) in [5.41, 5.74) is 3.06. The molecular formula is C24H28N4O2S. The van der Waals surface area contributed by atoms with E-state index in [1.807, 2.05) is 59.5 Å². The fraction of sp³-hybridized carbons (Fsp3) is 0.375. The van der Waals surface area contributed by atoms with Crippen LogP contribution in [0, 0.1) is 5.92 Å². The van der Waals surface area contributed by atoms with E-state index in [2.05, 4.69) is 22.2 Å². The molecule has 3 aromatic rings. The summed E-state index contributed by atoms with van der Waals surface area (Å²) in [5.74, 6) is 1.52. The minimum atomic E-state index is -0.0186.